The van der Waals surface area contributed by atoms with E-state index in [1.165, 1.54) is 7.11 Å². The van der Waals surface area contributed by atoms with Crippen molar-refractivity contribution in [2.24, 2.45) is 0 Å². The maximum absolute atomic E-state index is 11.4. The van der Waals surface area contributed by atoms with Gasteiger partial charge in [0.15, 0.2) is 5.82 Å². The van der Waals surface area contributed by atoms with Gasteiger partial charge < -0.3 is 14.8 Å². The lowest BCUT2D eigenvalue weighted by Gasteiger charge is -2.23. The minimum atomic E-state index is -2.86. The van der Waals surface area contributed by atoms with Crippen LogP contribution < -0.4 is 10.1 Å². The van der Waals surface area contributed by atoms with Crippen molar-refractivity contribution in [3.63, 3.8) is 0 Å². The van der Waals surface area contributed by atoms with Crippen LogP contribution in [0.4, 0.5) is 5.82 Å². The van der Waals surface area contributed by atoms with Gasteiger partial charge in [0.1, 0.15) is 22.3 Å². The van der Waals surface area contributed by atoms with E-state index in [1.54, 1.807) is 13.2 Å². The lowest BCUT2D eigenvalue weighted by Crippen LogP contribution is -2.32. The molecule has 7 nitrogen and oxygen atoms in total. The lowest BCUT2D eigenvalue weighted by atomic mass is 10.1. The minimum Gasteiger partial charge on any atom is -0.481 e. The second-order valence-corrected chi connectivity index (χ2v) is 7.02. The molecule has 0 saturated carbocycles. The Morgan fingerprint density at radius 1 is 1.30 bits per heavy atom. The van der Waals surface area contributed by atoms with E-state index in [-0.39, 0.29) is 17.5 Å². The van der Waals surface area contributed by atoms with Gasteiger partial charge in [-0.05, 0) is 12.8 Å². The van der Waals surface area contributed by atoms with E-state index in [1.807, 2.05) is 0 Å². The van der Waals surface area contributed by atoms with E-state index >= 15 is 0 Å². The summed E-state index contributed by atoms with van der Waals surface area (Å²) in [6.45, 7) is 0.297. The standard InChI is InChI=1S/C12H19N3O4S/c1-18-8-11-14-10(7-12(15-11)19-2)13-9-3-5-20(16,17)6-4-9/h7,9H,3-6,8H2,1-2H3,(H,13,14,15). The van der Waals surface area contributed by atoms with Crippen LogP contribution in [0.25, 0.3) is 0 Å². The molecule has 0 bridgehead atoms. The highest BCUT2D eigenvalue weighted by atomic mass is 32.2. The van der Waals surface area contributed by atoms with E-state index in [0.717, 1.165) is 0 Å². The number of anilines is 1. The van der Waals surface area contributed by atoms with Gasteiger partial charge in [0.25, 0.3) is 0 Å². The van der Waals surface area contributed by atoms with Gasteiger partial charge >= 0.3 is 0 Å². The van der Waals surface area contributed by atoms with Crippen LogP contribution in [0, 0.1) is 0 Å². The quantitative estimate of drug-likeness (QED) is 0.852. The molecule has 0 atom stereocenters. The number of methoxy groups -OCH3 is 2. The van der Waals surface area contributed by atoms with Gasteiger partial charge in [-0.3, -0.25) is 0 Å². The predicted octanol–water partition coefficient (Wildman–Crippen LogP) is 0.621. The highest BCUT2D eigenvalue weighted by Gasteiger charge is 2.23. The maximum atomic E-state index is 11.4. The van der Waals surface area contributed by atoms with Crippen LogP contribution >= 0.6 is 0 Å². The smallest absolute Gasteiger partial charge is 0.218 e. The zero-order chi connectivity index (χ0) is 14.6. The molecule has 8 heteroatoms. The van der Waals surface area contributed by atoms with Crippen molar-refractivity contribution >= 4 is 15.7 Å². The van der Waals surface area contributed by atoms with Crippen LogP contribution in [-0.4, -0.2) is 50.2 Å². The molecule has 1 aromatic rings. The topological polar surface area (TPSA) is 90.4 Å². The van der Waals surface area contributed by atoms with E-state index < -0.39 is 9.84 Å². The van der Waals surface area contributed by atoms with Crippen molar-refractivity contribution in [1.82, 2.24) is 9.97 Å². The molecule has 2 heterocycles. The molecular weight excluding hydrogens is 282 g/mol. The van der Waals surface area contributed by atoms with Crippen molar-refractivity contribution < 1.29 is 17.9 Å². The van der Waals surface area contributed by atoms with Crippen molar-refractivity contribution in [2.45, 2.75) is 25.5 Å². The number of aromatic nitrogens is 2. The Balaban J connectivity index is 2.07. The summed E-state index contributed by atoms with van der Waals surface area (Å²) >= 11 is 0. The van der Waals surface area contributed by atoms with Gasteiger partial charge in [-0.1, -0.05) is 0 Å². The molecule has 0 aliphatic carbocycles. The summed E-state index contributed by atoms with van der Waals surface area (Å²) in [4.78, 5) is 8.49. The third kappa shape index (κ3) is 4.04. The molecule has 1 N–H and O–H groups in total. The third-order valence-corrected chi connectivity index (χ3v) is 4.85. The Bertz CT molecular complexity index is 548. The van der Waals surface area contributed by atoms with E-state index in [0.29, 0.717) is 37.0 Å². The van der Waals surface area contributed by atoms with E-state index in [4.69, 9.17) is 9.47 Å². The first kappa shape index (κ1) is 15.0. The Hall–Kier alpha value is -1.41. The Morgan fingerprint density at radius 2 is 2.00 bits per heavy atom. The van der Waals surface area contributed by atoms with Crippen molar-refractivity contribution in [3.8, 4) is 5.88 Å². The van der Waals surface area contributed by atoms with Crippen LogP contribution in [0.1, 0.15) is 18.7 Å². The molecule has 1 aliphatic heterocycles. The average Bonchev–Trinajstić information content (AvgIpc) is 2.41. The number of ether oxygens (including phenoxy) is 2. The monoisotopic (exact) mass is 301 g/mol. The number of nitrogens with zero attached hydrogens (tertiary/aromatic N) is 2. The number of hydrogen-bond donors (Lipinski definition) is 1. The van der Waals surface area contributed by atoms with Crippen LogP contribution in [0.15, 0.2) is 6.07 Å². The summed E-state index contributed by atoms with van der Waals surface area (Å²) in [5.74, 6) is 2.05. The molecule has 1 saturated heterocycles. The SMILES string of the molecule is COCc1nc(NC2CCS(=O)(=O)CC2)cc(OC)n1. The normalized spacial score (nSPS) is 18.7. The average molecular weight is 301 g/mol. The highest BCUT2D eigenvalue weighted by molar-refractivity contribution is 7.91. The molecule has 1 aromatic heterocycles. The van der Waals surface area contributed by atoms with Crippen LogP contribution in [0.2, 0.25) is 0 Å². The zero-order valence-electron chi connectivity index (χ0n) is 11.6. The molecule has 0 aromatic carbocycles. The minimum absolute atomic E-state index is 0.105. The summed E-state index contributed by atoms with van der Waals surface area (Å²) in [5.41, 5.74) is 0. The summed E-state index contributed by atoms with van der Waals surface area (Å²) < 4.78 is 32.9. The zero-order valence-corrected chi connectivity index (χ0v) is 12.4. The number of rotatable bonds is 5. The van der Waals surface area contributed by atoms with Gasteiger partial charge in [-0.25, -0.2) is 13.4 Å². The van der Waals surface area contributed by atoms with Crippen molar-refractivity contribution in [1.29, 1.82) is 0 Å². The Labute approximate surface area is 118 Å². The van der Waals surface area contributed by atoms with Gasteiger partial charge in [-0.2, -0.15) is 4.98 Å². The largest absolute Gasteiger partial charge is 0.481 e. The third-order valence-electron chi connectivity index (χ3n) is 3.14. The summed E-state index contributed by atoms with van der Waals surface area (Å²) in [6.07, 6.45) is 1.18. The van der Waals surface area contributed by atoms with Gasteiger partial charge in [-0.15, -0.1) is 0 Å². The molecule has 112 valence electrons. The van der Waals surface area contributed by atoms with Crippen LogP contribution in [0.3, 0.4) is 0 Å². The van der Waals surface area contributed by atoms with Crippen LogP contribution in [-0.2, 0) is 21.2 Å². The van der Waals surface area contributed by atoms with Gasteiger partial charge in [0.2, 0.25) is 5.88 Å². The van der Waals surface area contributed by atoms with E-state index in [9.17, 15) is 8.42 Å². The summed E-state index contributed by atoms with van der Waals surface area (Å²) in [6, 6.07) is 1.80. The molecule has 20 heavy (non-hydrogen) atoms. The van der Waals surface area contributed by atoms with Crippen molar-refractivity contribution in [2.75, 3.05) is 31.0 Å². The number of sulfone groups is 1. The summed E-state index contributed by atoms with van der Waals surface area (Å²) in [7, 11) is 0.254. The van der Waals surface area contributed by atoms with Crippen molar-refractivity contribution in [3.05, 3.63) is 11.9 Å². The molecule has 0 amide bonds. The lowest BCUT2D eigenvalue weighted by molar-refractivity contribution is 0.177. The predicted molar refractivity (Wildman–Crippen MR) is 74.6 cm³/mol. The molecule has 2 rings (SSSR count). The molecule has 0 unspecified atom stereocenters. The first-order valence-corrected chi connectivity index (χ1v) is 8.22. The fourth-order valence-electron chi connectivity index (χ4n) is 2.09. The van der Waals surface area contributed by atoms with E-state index in [2.05, 4.69) is 15.3 Å². The maximum Gasteiger partial charge on any atom is 0.218 e. The molecule has 1 aliphatic rings. The fraction of sp³-hybridized carbons (Fsp3) is 0.667. The number of hydrogen-bond acceptors (Lipinski definition) is 7. The molecular formula is C12H19N3O4S. The Morgan fingerprint density at radius 3 is 2.60 bits per heavy atom. The Kier molecular flexibility index (Phi) is 4.77. The fourth-order valence-corrected chi connectivity index (χ4v) is 3.58. The van der Waals surface area contributed by atoms with Gasteiger partial charge in [0, 0.05) is 19.2 Å². The first-order valence-electron chi connectivity index (χ1n) is 6.40. The second-order valence-electron chi connectivity index (χ2n) is 4.72. The number of nitrogens with one attached hydrogen (secondary N) is 1. The molecule has 1 fully saturated rings. The van der Waals surface area contributed by atoms with Gasteiger partial charge in [0.05, 0.1) is 18.6 Å². The molecule has 0 radical (unpaired) electrons. The first-order chi connectivity index (χ1) is 9.52. The summed E-state index contributed by atoms with van der Waals surface area (Å²) in [5, 5.41) is 3.24. The highest BCUT2D eigenvalue weighted by Crippen LogP contribution is 2.19. The molecule has 0 spiro atoms. The second kappa shape index (κ2) is 6.36. The van der Waals surface area contributed by atoms with Crippen LogP contribution in [0.5, 0.6) is 5.88 Å².